The van der Waals surface area contributed by atoms with Crippen LogP contribution in [0.25, 0.3) is 22.3 Å². The predicted molar refractivity (Wildman–Crippen MR) is 103 cm³/mol. The molecule has 2 aromatic heterocycles. The van der Waals surface area contributed by atoms with Crippen LogP contribution < -0.4 is 10.2 Å². The van der Waals surface area contributed by atoms with Crippen molar-refractivity contribution < 1.29 is 9.84 Å². The van der Waals surface area contributed by atoms with E-state index in [1.807, 2.05) is 24.3 Å². The number of aromatic hydroxyl groups is 1. The van der Waals surface area contributed by atoms with Gasteiger partial charge in [0.1, 0.15) is 5.69 Å². The summed E-state index contributed by atoms with van der Waals surface area (Å²) < 4.78 is 5.09. The first-order valence-corrected chi connectivity index (χ1v) is 8.17. The highest BCUT2D eigenvalue weighted by Crippen LogP contribution is 2.28. The molecule has 2 aromatic carbocycles. The molecule has 0 bridgehead atoms. The number of H-pyrrole nitrogens is 1. The molecule has 0 aliphatic rings. The van der Waals surface area contributed by atoms with E-state index in [0.29, 0.717) is 23.1 Å². The van der Waals surface area contributed by atoms with Gasteiger partial charge in [0, 0.05) is 23.2 Å². The normalized spacial score (nSPS) is 11.1. The van der Waals surface area contributed by atoms with Gasteiger partial charge in [-0.25, -0.2) is 4.98 Å². The Morgan fingerprint density at radius 2 is 2.00 bits per heavy atom. The molecule has 0 unspecified atom stereocenters. The zero-order valence-corrected chi connectivity index (χ0v) is 14.4. The van der Waals surface area contributed by atoms with E-state index in [0.717, 1.165) is 16.3 Å². The number of hydrogen-bond donors (Lipinski definition) is 3. The van der Waals surface area contributed by atoms with Crippen molar-refractivity contribution >= 4 is 22.8 Å². The third-order valence-electron chi connectivity index (χ3n) is 4.00. The number of methoxy groups -OCH3 is 1. The van der Waals surface area contributed by atoms with E-state index >= 15 is 0 Å². The fourth-order valence-corrected chi connectivity index (χ4v) is 2.70. The largest absolute Gasteiger partial charge is 0.504 e. The van der Waals surface area contributed by atoms with E-state index < -0.39 is 0 Å². The van der Waals surface area contributed by atoms with Gasteiger partial charge in [-0.15, -0.1) is 10.2 Å². The molecule has 0 spiro atoms. The summed E-state index contributed by atoms with van der Waals surface area (Å²) in [6, 6.07) is 12.7. The monoisotopic (exact) mass is 360 g/mol. The van der Waals surface area contributed by atoms with Crippen molar-refractivity contribution in [2.45, 2.75) is 0 Å². The van der Waals surface area contributed by atoms with Crippen LogP contribution in [0.3, 0.4) is 0 Å². The molecule has 0 saturated carbocycles. The minimum absolute atomic E-state index is 0.0768. The lowest BCUT2D eigenvalue weighted by molar-refractivity contribution is 0.373. The van der Waals surface area contributed by atoms with Crippen molar-refractivity contribution in [2.24, 2.45) is 5.10 Å². The van der Waals surface area contributed by atoms with E-state index in [1.165, 1.54) is 7.11 Å². The molecule has 4 rings (SSSR count). The highest BCUT2D eigenvalue weighted by atomic mass is 16.5. The van der Waals surface area contributed by atoms with E-state index in [4.69, 9.17) is 4.74 Å². The molecule has 0 amide bonds. The van der Waals surface area contributed by atoms with Crippen molar-refractivity contribution in [1.29, 1.82) is 0 Å². The minimum atomic E-state index is 0.0768. The van der Waals surface area contributed by atoms with Crippen LogP contribution in [0.1, 0.15) is 5.56 Å². The van der Waals surface area contributed by atoms with Gasteiger partial charge in [-0.05, 0) is 23.8 Å². The topological polar surface area (TPSA) is 108 Å². The number of rotatable bonds is 5. The predicted octanol–water partition coefficient (Wildman–Crippen LogP) is 3.18. The zero-order valence-electron chi connectivity index (χ0n) is 14.4. The number of hydrogen-bond acceptors (Lipinski definition) is 7. The van der Waals surface area contributed by atoms with Crippen LogP contribution in [0, 0.1) is 0 Å². The average Bonchev–Trinajstić information content (AvgIpc) is 3.24. The Labute approximate surface area is 154 Å². The SMILES string of the molecule is COc1cc(C=NNc2nnc(-c3ncc[nH]3)c3ccccc23)ccc1O. The number of ether oxygens (including phenoxy) is 1. The molecule has 3 N–H and O–H groups in total. The summed E-state index contributed by atoms with van der Waals surface area (Å²) in [6.45, 7) is 0. The highest BCUT2D eigenvalue weighted by Gasteiger charge is 2.11. The van der Waals surface area contributed by atoms with Crippen LogP contribution in [-0.4, -0.2) is 38.6 Å². The fraction of sp³-hybridized carbons (Fsp3) is 0.0526. The van der Waals surface area contributed by atoms with Gasteiger partial charge in [-0.3, -0.25) is 5.43 Å². The molecule has 0 saturated heterocycles. The van der Waals surface area contributed by atoms with Crippen LogP contribution in [0.2, 0.25) is 0 Å². The van der Waals surface area contributed by atoms with Crippen LogP contribution in [0.5, 0.6) is 11.5 Å². The molecule has 134 valence electrons. The molecular formula is C19H16N6O2. The first-order valence-electron chi connectivity index (χ1n) is 8.17. The number of benzene rings is 2. The number of aromatic nitrogens is 4. The number of phenols is 1. The van der Waals surface area contributed by atoms with Gasteiger partial charge in [0.2, 0.25) is 0 Å². The van der Waals surface area contributed by atoms with Crippen LogP contribution in [-0.2, 0) is 0 Å². The van der Waals surface area contributed by atoms with Gasteiger partial charge < -0.3 is 14.8 Å². The fourth-order valence-electron chi connectivity index (χ4n) is 2.70. The van der Waals surface area contributed by atoms with Crippen LogP contribution in [0.15, 0.2) is 60.0 Å². The van der Waals surface area contributed by atoms with Gasteiger partial charge in [-0.1, -0.05) is 24.3 Å². The third-order valence-corrected chi connectivity index (χ3v) is 4.00. The van der Waals surface area contributed by atoms with Crippen molar-refractivity contribution in [1.82, 2.24) is 20.2 Å². The van der Waals surface area contributed by atoms with Crippen LogP contribution in [0.4, 0.5) is 5.82 Å². The Morgan fingerprint density at radius 1 is 1.15 bits per heavy atom. The number of phenolic OH excluding ortho intramolecular Hbond substituents is 1. The van der Waals surface area contributed by atoms with E-state index in [9.17, 15) is 5.11 Å². The third kappa shape index (κ3) is 3.28. The number of hydrazone groups is 1. The molecule has 2 heterocycles. The molecule has 0 fully saturated rings. The van der Waals surface area contributed by atoms with Gasteiger partial charge in [0.25, 0.3) is 0 Å². The second-order valence-corrected chi connectivity index (χ2v) is 5.68. The van der Waals surface area contributed by atoms with Crippen molar-refractivity contribution in [3.8, 4) is 23.0 Å². The number of nitrogens with one attached hydrogen (secondary N) is 2. The second-order valence-electron chi connectivity index (χ2n) is 5.68. The maximum absolute atomic E-state index is 9.65. The molecule has 0 aliphatic carbocycles. The molecule has 4 aromatic rings. The summed E-state index contributed by atoms with van der Waals surface area (Å²) in [6.07, 6.45) is 5.03. The van der Waals surface area contributed by atoms with Crippen molar-refractivity contribution in [3.63, 3.8) is 0 Å². The summed E-state index contributed by atoms with van der Waals surface area (Å²) in [4.78, 5) is 7.30. The molecule has 0 atom stereocenters. The average molecular weight is 360 g/mol. The first kappa shape index (κ1) is 16.5. The quantitative estimate of drug-likeness (QED) is 0.373. The second kappa shape index (κ2) is 7.12. The number of nitrogens with zero attached hydrogens (tertiary/aromatic N) is 4. The summed E-state index contributed by atoms with van der Waals surface area (Å²) in [5.41, 5.74) is 4.36. The standard InChI is InChI=1S/C19H16N6O2/c1-27-16-10-12(6-7-15(16)26)11-22-24-18-14-5-3-2-4-13(14)17(23-25-18)19-20-8-9-21-19/h2-11,26H,1H3,(H,20,21)(H,24,25). The minimum Gasteiger partial charge on any atom is -0.504 e. The zero-order chi connectivity index (χ0) is 18.6. The van der Waals surface area contributed by atoms with E-state index in [2.05, 4.69) is 30.7 Å². The molecule has 0 radical (unpaired) electrons. The van der Waals surface area contributed by atoms with E-state index in [1.54, 1.807) is 36.8 Å². The molecule has 27 heavy (non-hydrogen) atoms. The van der Waals surface area contributed by atoms with E-state index in [-0.39, 0.29) is 5.75 Å². The number of imidazole rings is 1. The lowest BCUT2D eigenvalue weighted by Crippen LogP contribution is -1.99. The summed E-state index contributed by atoms with van der Waals surface area (Å²) in [7, 11) is 1.50. The van der Waals surface area contributed by atoms with Gasteiger partial charge in [0.05, 0.1) is 13.3 Å². The Morgan fingerprint density at radius 3 is 2.78 bits per heavy atom. The number of aromatic amines is 1. The van der Waals surface area contributed by atoms with Gasteiger partial charge in [0.15, 0.2) is 23.1 Å². The number of fused-ring (bicyclic) bond motifs is 1. The maximum Gasteiger partial charge on any atom is 0.176 e. The maximum atomic E-state index is 9.65. The first-order chi connectivity index (χ1) is 13.3. The molecule has 8 nitrogen and oxygen atoms in total. The highest BCUT2D eigenvalue weighted by molar-refractivity contribution is 5.99. The Balaban J connectivity index is 1.64. The van der Waals surface area contributed by atoms with Gasteiger partial charge in [-0.2, -0.15) is 5.10 Å². The molecule has 8 heteroatoms. The smallest absolute Gasteiger partial charge is 0.176 e. The summed E-state index contributed by atoms with van der Waals surface area (Å²) in [5, 5.41) is 24.2. The Kier molecular flexibility index (Phi) is 4.36. The summed E-state index contributed by atoms with van der Waals surface area (Å²) in [5.74, 6) is 1.65. The lowest BCUT2D eigenvalue weighted by atomic mass is 10.1. The molecular weight excluding hydrogens is 344 g/mol. The Bertz CT molecular complexity index is 1110. The van der Waals surface area contributed by atoms with Crippen molar-refractivity contribution in [3.05, 3.63) is 60.4 Å². The van der Waals surface area contributed by atoms with Crippen molar-refractivity contribution in [2.75, 3.05) is 12.5 Å². The Hall–Kier alpha value is -3.94. The van der Waals surface area contributed by atoms with Crippen LogP contribution >= 0.6 is 0 Å². The lowest BCUT2D eigenvalue weighted by Gasteiger charge is -2.07. The molecule has 0 aliphatic heterocycles. The van der Waals surface area contributed by atoms with Gasteiger partial charge >= 0.3 is 0 Å². The number of anilines is 1. The summed E-state index contributed by atoms with van der Waals surface area (Å²) >= 11 is 0.